The molecule has 0 unspecified atom stereocenters. The van der Waals surface area contributed by atoms with Gasteiger partial charge < -0.3 is 5.21 Å². The highest BCUT2D eigenvalue weighted by Gasteiger charge is 1.35. The molecule has 0 radical (unpaired) electrons. The van der Waals surface area contributed by atoms with Crippen LogP contribution in [-0.4, -0.2) is 0 Å². The van der Waals surface area contributed by atoms with E-state index >= 15 is 0 Å². The molecular formula is CH2N2O. The van der Waals surface area contributed by atoms with Gasteiger partial charge in [-0.2, -0.15) is 5.01 Å². The number of hydrogen-bond acceptors (Lipinski definition) is 2. The number of nitrogens with zero attached hydrogens (tertiary/aromatic N) is 1. The Bertz CT molecular complexity index is 42.8. The first kappa shape index (κ1) is 3.09. The van der Waals surface area contributed by atoms with Gasteiger partial charge in [-0.05, 0) is 0 Å². The summed E-state index contributed by atoms with van der Waals surface area (Å²) in [5.74, 6) is 0. The zero-order valence-electron chi connectivity index (χ0n) is 1.93. The maximum atomic E-state index is 8.69. The second-order valence-corrected chi connectivity index (χ2v) is 0.220. The lowest BCUT2D eigenvalue weighted by molar-refractivity contribution is 1.72. The zero-order chi connectivity index (χ0) is 3.41. The Labute approximate surface area is 23.4 Å². The number of nitrogens with two attached hydrogens (primary N) is 1. The van der Waals surface area contributed by atoms with Gasteiger partial charge in [0.05, 0.1) is 0 Å². The van der Waals surface area contributed by atoms with Gasteiger partial charge in [0.25, 0.3) is 0 Å². The third kappa shape index (κ3) is 1.09. The molecule has 3 heteroatoms. The molecular weight excluding hydrogens is 56.0 g/mol. The van der Waals surface area contributed by atoms with E-state index < -0.39 is 0 Å². The summed E-state index contributed by atoms with van der Waals surface area (Å²) in [6.07, 6.45) is 1.50. The maximum absolute atomic E-state index is 8.69. The lowest BCUT2D eigenvalue weighted by atomic mass is 11.5. The highest BCUT2D eigenvalue weighted by atomic mass is 16.4. The van der Waals surface area contributed by atoms with Crippen molar-refractivity contribution in [1.29, 1.82) is 0 Å². The van der Waals surface area contributed by atoms with Crippen molar-refractivity contribution < 1.29 is 0 Å². The summed E-state index contributed by atoms with van der Waals surface area (Å²) < 4.78 is 0. The zero-order valence-corrected chi connectivity index (χ0v) is 1.93. The van der Waals surface area contributed by atoms with Crippen LogP contribution in [0.4, 0.5) is 0 Å². The van der Waals surface area contributed by atoms with Crippen LogP contribution in [0.1, 0.15) is 0 Å². The van der Waals surface area contributed by atoms with E-state index in [9.17, 15) is 0 Å². The minimum atomic E-state index is 1.50. The van der Waals surface area contributed by atoms with Crippen LogP contribution in [0.25, 0.3) is 5.01 Å². The molecule has 0 aliphatic heterocycles. The Hall–Kier alpha value is -0.910. The second-order valence-electron chi connectivity index (χ2n) is 0.220. The average Bonchev–Trinajstić information content (AvgIpc) is 1.37. The van der Waals surface area contributed by atoms with Crippen LogP contribution in [0.5, 0.6) is 0 Å². The molecule has 2 N–H and O–H groups in total. The lowest BCUT2D eigenvalue weighted by Crippen LogP contribution is -1.70. The molecule has 0 aromatic heterocycles. The molecule has 4 heavy (non-hydrogen) atoms. The molecule has 0 saturated heterocycles. The van der Waals surface area contributed by atoms with E-state index in [2.05, 4.69) is 5.73 Å². The standard InChI is InChI=1S/CH2N2O/c2-1-3-4/h2H2. The Balaban J connectivity index is 2.83. The summed E-state index contributed by atoms with van der Waals surface area (Å²) in [6, 6.07) is 0. The van der Waals surface area contributed by atoms with Gasteiger partial charge in [0, 0.05) is 0 Å². The second kappa shape index (κ2) is 2.09. The van der Waals surface area contributed by atoms with Gasteiger partial charge in [-0.25, -0.2) is 5.73 Å². The quantitative estimate of drug-likeness (QED) is 0.237. The summed E-state index contributed by atoms with van der Waals surface area (Å²) in [5, 5.41) is 10.7. The Morgan fingerprint density at radius 3 is 2.25 bits per heavy atom. The molecule has 3 nitrogen and oxygen atoms in total. The highest BCUT2D eigenvalue weighted by molar-refractivity contribution is 4.77. The monoisotopic (exact) mass is 58.0 g/mol. The van der Waals surface area contributed by atoms with E-state index in [1.807, 2.05) is 5.01 Å². The van der Waals surface area contributed by atoms with Crippen LogP contribution < -0.4 is 5.73 Å². The van der Waals surface area contributed by atoms with Gasteiger partial charge in [-0.15, -0.1) is 0 Å². The summed E-state index contributed by atoms with van der Waals surface area (Å²) in [4.78, 5) is 0. The first-order valence-electron chi connectivity index (χ1n) is 0.695. The predicted molar refractivity (Wildman–Crippen MR) is 14.8 cm³/mol. The Kier molecular flexibility index (Phi) is 1.61. The van der Waals surface area contributed by atoms with Crippen molar-refractivity contribution in [2.75, 3.05) is 0 Å². The van der Waals surface area contributed by atoms with Crippen LogP contribution in [0, 0.1) is 11.4 Å². The van der Waals surface area contributed by atoms with E-state index in [4.69, 9.17) is 5.21 Å². The fraction of sp³-hybridized carbons (Fsp3) is 0. The van der Waals surface area contributed by atoms with E-state index in [-0.39, 0.29) is 0 Å². The Morgan fingerprint density at radius 1 is 2.00 bits per heavy atom. The third-order valence-electron chi connectivity index (χ3n) is 0.0527. The fourth-order valence-electron chi connectivity index (χ4n) is 0. The van der Waals surface area contributed by atoms with Crippen molar-refractivity contribution >= 4 is 0 Å². The predicted octanol–water partition coefficient (Wildman–Crippen LogP) is -0.267. The molecule has 0 amide bonds. The molecule has 22 valence electrons. The molecule has 0 spiro atoms. The summed E-state index contributed by atoms with van der Waals surface area (Å²) in [5.41, 5.74) is 4.30. The first-order valence-corrected chi connectivity index (χ1v) is 0.695. The molecule has 0 aliphatic carbocycles. The van der Waals surface area contributed by atoms with Crippen LogP contribution in [0.15, 0.2) is 0 Å². The molecule has 0 aliphatic rings. The molecule has 0 heterocycles. The largest absolute Gasteiger partial charge is 0.611 e. The van der Waals surface area contributed by atoms with Gasteiger partial charge >= 0.3 is 6.19 Å². The molecule has 0 saturated carbocycles. The van der Waals surface area contributed by atoms with Gasteiger partial charge in [0.2, 0.25) is 0 Å². The normalized spacial score (nSPS) is 3.00. The van der Waals surface area contributed by atoms with E-state index in [0.29, 0.717) is 0 Å². The molecule has 0 atom stereocenters. The summed E-state index contributed by atoms with van der Waals surface area (Å²) in [6.45, 7) is 0. The fourth-order valence-corrected chi connectivity index (χ4v) is 0. The van der Waals surface area contributed by atoms with Crippen molar-refractivity contribution in [2.45, 2.75) is 0 Å². The van der Waals surface area contributed by atoms with Gasteiger partial charge in [0.15, 0.2) is 0 Å². The first-order chi connectivity index (χ1) is 1.91. The summed E-state index contributed by atoms with van der Waals surface area (Å²) in [7, 11) is 0. The number of rotatable bonds is 0. The van der Waals surface area contributed by atoms with E-state index in [0.717, 1.165) is 0 Å². The van der Waals surface area contributed by atoms with Crippen LogP contribution in [0.3, 0.4) is 0 Å². The highest BCUT2D eigenvalue weighted by Crippen LogP contribution is 1.38. The van der Waals surface area contributed by atoms with Crippen molar-refractivity contribution in [2.24, 2.45) is 5.73 Å². The van der Waals surface area contributed by atoms with Crippen molar-refractivity contribution in [3.8, 4) is 6.19 Å². The van der Waals surface area contributed by atoms with Gasteiger partial charge in [-0.3, -0.25) is 0 Å². The molecule has 0 aromatic rings. The Morgan fingerprint density at radius 2 is 2.25 bits per heavy atom. The topological polar surface area (TPSA) is 53.4 Å². The third-order valence-corrected chi connectivity index (χ3v) is 0.0527. The summed E-state index contributed by atoms with van der Waals surface area (Å²) >= 11 is 0. The molecule has 0 aromatic carbocycles. The molecule has 0 rings (SSSR count). The lowest BCUT2D eigenvalue weighted by Gasteiger charge is -1.53. The molecule has 0 bridgehead atoms. The number of hydrogen-bond donors (Lipinski definition) is 1. The van der Waals surface area contributed by atoms with Crippen molar-refractivity contribution in [3.63, 3.8) is 0 Å². The SMILES string of the molecule is NC#[N+][O-]. The van der Waals surface area contributed by atoms with Gasteiger partial charge in [0.1, 0.15) is 0 Å². The van der Waals surface area contributed by atoms with Gasteiger partial charge in [-0.1, -0.05) is 0 Å². The molecule has 0 fully saturated rings. The van der Waals surface area contributed by atoms with Crippen LogP contribution >= 0.6 is 0 Å². The smallest absolute Gasteiger partial charge is 0.377 e. The maximum Gasteiger partial charge on any atom is 0.377 e. The van der Waals surface area contributed by atoms with Crippen LogP contribution in [-0.2, 0) is 0 Å². The average molecular weight is 58.0 g/mol. The minimum Gasteiger partial charge on any atom is -0.611 e. The van der Waals surface area contributed by atoms with E-state index in [1.54, 1.807) is 0 Å². The minimum absolute atomic E-state index is 1.50. The van der Waals surface area contributed by atoms with Crippen molar-refractivity contribution in [1.82, 2.24) is 0 Å². The van der Waals surface area contributed by atoms with E-state index in [1.165, 1.54) is 6.19 Å². The van der Waals surface area contributed by atoms with Crippen LogP contribution in [0.2, 0.25) is 0 Å². The van der Waals surface area contributed by atoms with Crippen molar-refractivity contribution in [3.05, 3.63) is 10.2 Å².